The van der Waals surface area contributed by atoms with Crippen molar-refractivity contribution in [3.05, 3.63) is 24.3 Å². The molecule has 0 amide bonds. The Balaban J connectivity index is 1.94. The maximum atomic E-state index is 5.88. The van der Waals surface area contributed by atoms with E-state index >= 15 is 0 Å². The highest BCUT2D eigenvalue weighted by Gasteiger charge is 2.17. The molecule has 1 aliphatic heterocycles. The molecule has 1 aromatic heterocycles. The Morgan fingerprint density at radius 1 is 1.29 bits per heavy atom. The molecule has 2 aromatic rings. The van der Waals surface area contributed by atoms with Gasteiger partial charge < -0.3 is 15.8 Å². The summed E-state index contributed by atoms with van der Waals surface area (Å²) in [4.78, 5) is 8.54. The van der Waals surface area contributed by atoms with Crippen LogP contribution in [0.5, 0.6) is 6.01 Å². The number of aromatic nitrogens is 2. The Kier molecular flexibility index (Phi) is 2.53. The molecule has 88 valence electrons. The Labute approximate surface area is 99.0 Å². The zero-order chi connectivity index (χ0) is 11.7. The SMILES string of the molecule is Nc1nc(O[C@H]2CCNC2)nc2ccccc12. The average molecular weight is 230 g/mol. The number of hydrogen-bond donors (Lipinski definition) is 2. The maximum Gasteiger partial charge on any atom is 0.319 e. The molecule has 17 heavy (non-hydrogen) atoms. The first-order valence-electron chi connectivity index (χ1n) is 5.72. The number of anilines is 1. The first-order valence-corrected chi connectivity index (χ1v) is 5.72. The van der Waals surface area contributed by atoms with Crippen molar-refractivity contribution in [3.8, 4) is 6.01 Å². The van der Waals surface area contributed by atoms with E-state index in [1.165, 1.54) is 0 Å². The summed E-state index contributed by atoms with van der Waals surface area (Å²) >= 11 is 0. The normalized spacial score (nSPS) is 19.6. The first kappa shape index (κ1) is 10.3. The smallest absolute Gasteiger partial charge is 0.319 e. The largest absolute Gasteiger partial charge is 0.459 e. The Morgan fingerprint density at radius 3 is 3.00 bits per heavy atom. The molecule has 0 unspecified atom stereocenters. The monoisotopic (exact) mass is 230 g/mol. The summed E-state index contributed by atoms with van der Waals surface area (Å²) in [7, 11) is 0. The van der Waals surface area contributed by atoms with Gasteiger partial charge in [0.15, 0.2) is 0 Å². The third-order valence-corrected chi connectivity index (χ3v) is 2.90. The Hall–Kier alpha value is -1.88. The maximum absolute atomic E-state index is 5.88. The van der Waals surface area contributed by atoms with Crippen LogP contribution >= 0.6 is 0 Å². The Morgan fingerprint density at radius 2 is 2.18 bits per heavy atom. The van der Waals surface area contributed by atoms with E-state index in [1.54, 1.807) is 0 Å². The molecule has 0 spiro atoms. The van der Waals surface area contributed by atoms with Crippen LogP contribution in [0.4, 0.5) is 5.82 Å². The van der Waals surface area contributed by atoms with Crippen molar-refractivity contribution in [2.45, 2.75) is 12.5 Å². The molecule has 1 aliphatic rings. The van der Waals surface area contributed by atoms with Gasteiger partial charge in [0.1, 0.15) is 11.9 Å². The topological polar surface area (TPSA) is 73.1 Å². The van der Waals surface area contributed by atoms with Crippen LogP contribution in [0.3, 0.4) is 0 Å². The minimum atomic E-state index is 0.149. The van der Waals surface area contributed by atoms with E-state index in [1.807, 2.05) is 24.3 Å². The fourth-order valence-corrected chi connectivity index (χ4v) is 2.01. The van der Waals surface area contributed by atoms with E-state index in [0.29, 0.717) is 11.8 Å². The summed E-state index contributed by atoms with van der Waals surface area (Å²) in [5, 5.41) is 4.10. The van der Waals surface area contributed by atoms with Gasteiger partial charge >= 0.3 is 6.01 Å². The number of nitrogens with zero attached hydrogens (tertiary/aromatic N) is 2. The summed E-state index contributed by atoms with van der Waals surface area (Å²) in [5.41, 5.74) is 6.70. The zero-order valence-electron chi connectivity index (χ0n) is 9.39. The van der Waals surface area contributed by atoms with Crippen LogP contribution in [-0.2, 0) is 0 Å². The van der Waals surface area contributed by atoms with Crippen LogP contribution in [0.2, 0.25) is 0 Å². The Bertz CT molecular complexity index is 537. The van der Waals surface area contributed by atoms with Gasteiger partial charge in [-0.3, -0.25) is 0 Å². The second-order valence-corrected chi connectivity index (χ2v) is 4.14. The number of nitrogens with one attached hydrogen (secondary N) is 1. The fourth-order valence-electron chi connectivity index (χ4n) is 2.01. The van der Waals surface area contributed by atoms with Gasteiger partial charge in [0.2, 0.25) is 0 Å². The quantitative estimate of drug-likeness (QED) is 0.803. The van der Waals surface area contributed by atoms with Crippen LogP contribution in [0.15, 0.2) is 24.3 Å². The molecule has 3 rings (SSSR count). The number of ether oxygens (including phenoxy) is 1. The van der Waals surface area contributed by atoms with E-state index in [0.717, 1.165) is 30.4 Å². The molecule has 1 saturated heterocycles. The number of para-hydroxylation sites is 1. The number of fused-ring (bicyclic) bond motifs is 1. The summed E-state index contributed by atoms with van der Waals surface area (Å²) < 4.78 is 5.70. The van der Waals surface area contributed by atoms with Crippen LogP contribution in [0.1, 0.15) is 6.42 Å². The lowest BCUT2D eigenvalue weighted by molar-refractivity contribution is 0.205. The van der Waals surface area contributed by atoms with Gasteiger partial charge in [-0.25, -0.2) is 0 Å². The lowest BCUT2D eigenvalue weighted by atomic mass is 10.2. The van der Waals surface area contributed by atoms with E-state index in [4.69, 9.17) is 10.5 Å². The summed E-state index contributed by atoms with van der Waals surface area (Å²) in [6.45, 7) is 1.82. The van der Waals surface area contributed by atoms with Crippen molar-refractivity contribution in [1.29, 1.82) is 0 Å². The second-order valence-electron chi connectivity index (χ2n) is 4.14. The lowest BCUT2D eigenvalue weighted by Gasteiger charge is -2.11. The highest BCUT2D eigenvalue weighted by molar-refractivity contribution is 5.88. The molecule has 0 bridgehead atoms. The third-order valence-electron chi connectivity index (χ3n) is 2.90. The van der Waals surface area contributed by atoms with E-state index in [2.05, 4.69) is 15.3 Å². The molecular weight excluding hydrogens is 216 g/mol. The van der Waals surface area contributed by atoms with Gasteiger partial charge in [-0.1, -0.05) is 12.1 Å². The van der Waals surface area contributed by atoms with Crippen LogP contribution < -0.4 is 15.8 Å². The van der Waals surface area contributed by atoms with Crippen LogP contribution in [0, 0.1) is 0 Å². The van der Waals surface area contributed by atoms with Gasteiger partial charge in [0.25, 0.3) is 0 Å². The van der Waals surface area contributed by atoms with Gasteiger partial charge in [-0.15, -0.1) is 0 Å². The fraction of sp³-hybridized carbons (Fsp3) is 0.333. The van der Waals surface area contributed by atoms with Crippen molar-refractivity contribution < 1.29 is 4.74 Å². The molecule has 1 atom stereocenters. The molecule has 1 fully saturated rings. The predicted octanol–water partition coefficient (Wildman–Crippen LogP) is 0.953. The molecule has 3 N–H and O–H groups in total. The highest BCUT2D eigenvalue weighted by atomic mass is 16.5. The van der Waals surface area contributed by atoms with Crippen molar-refractivity contribution in [2.24, 2.45) is 0 Å². The summed E-state index contributed by atoms with van der Waals surface area (Å²) in [5.74, 6) is 0.469. The lowest BCUT2D eigenvalue weighted by Crippen LogP contribution is -2.20. The third kappa shape index (κ3) is 2.01. The van der Waals surface area contributed by atoms with Crippen molar-refractivity contribution in [3.63, 3.8) is 0 Å². The molecule has 5 heteroatoms. The average Bonchev–Trinajstić information content (AvgIpc) is 2.82. The number of hydrogen-bond acceptors (Lipinski definition) is 5. The van der Waals surface area contributed by atoms with Crippen molar-refractivity contribution in [2.75, 3.05) is 18.8 Å². The van der Waals surface area contributed by atoms with Crippen LogP contribution in [0.25, 0.3) is 10.9 Å². The molecule has 0 aliphatic carbocycles. The molecule has 2 heterocycles. The number of nitrogen functional groups attached to an aromatic ring is 1. The molecule has 5 nitrogen and oxygen atoms in total. The van der Waals surface area contributed by atoms with Gasteiger partial charge in [-0.05, 0) is 25.1 Å². The predicted molar refractivity (Wildman–Crippen MR) is 65.9 cm³/mol. The minimum Gasteiger partial charge on any atom is -0.459 e. The molecule has 1 aromatic carbocycles. The first-order chi connectivity index (χ1) is 8.33. The summed E-state index contributed by atoms with van der Waals surface area (Å²) in [6.07, 6.45) is 1.13. The highest BCUT2D eigenvalue weighted by Crippen LogP contribution is 2.21. The number of rotatable bonds is 2. The summed E-state index contributed by atoms with van der Waals surface area (Å²) in [6, 6.07) is 8.03. The van der Waals surface area contributed by atoms with E-state index < -0.39 is 0 Å². The van der Waals surface area contributed by atoms with Gasteiger partial charge in [0.05, 0.1) is 5.52 Å². The standard InChI is InChI=1S/C12H14N4O/c13-11-9-3-1-2-4-10(9)15-12(16-11)17-8-5-6-14-7-8/h1-4,8,14H,5-7H2,(H2,13,15,16)/t8-/m0/s1. The second kappa shape index (κ2) is 4.18. The van der Waals surface area contributed by atoms with Crippen molar-refractivity contribution in [1.82, 2.24) is 15.3 Å². The van der Waals surface area contributed by atoms with E-state index in [-0.39, 0.29) is 6.10 Å². The molecular formula is C12H14N4O. The van der Waals surface area contributed by atoms with Gasteiger partial charge in [0, 0.05) is 11.9 Å². The number of nitrogens with two attached hydrogens (primary N) is 1. The molecule has 0 radical (unpaired) electrons. The van der Waals surface area contributed by atoms with Crippen LogP contribution in [-0.4, -0.2) is 29.2 Å². The minimum absolute atomic E-state index is 0.149. The van der Waals surface area contributed by atoms with E-state index in [9.17, 15) is 0 Å². The molecule has 0 saturated carbocycles. The zero-order valence-corrected chi connectivity index (χ0v) is 9.39. The van der Waals surface area contributed by atoms with Crippen molar-refractivity contribution >= 4 is 16.7 Å². The van der Waals surface area contributed by atoms with Gasteiger partial charge in [-0.2, -0.15) is 9.97 Å². The number of benzene rings is 1.